The molecule has 1 aromatic heterocycles. The highest BCUT2D eigenvalue weighted by atomic mass is 32.2. The average molecular weight is 468 g/mol. The van der Waals surface area contributed by atoms with E-state index in [1.807, 2.05) is 24.5 Å². The number of nitrogens with one attached hydrogen (secondary N) is 2. The van der Waals surface area contributed by atoms with Crippen LogP contribution in [0.1, 0.15) is 36.1 Å². The fraction of sp³-hybridized carbons (Fsp3) is 0.250. The number of rotatable bonds is 10. The van der Waals surface area contributed by atoms with Crippen LogP contribution in [0.4, 0.5) is 10.1 Å². The van der Waals surface area contributed by atoms with E-state index in [1.165, 1.54) is 23.9 Å². The lowest BCUT2D eigenvalue weighted by atomic mass is 10.0. The van der Waals surface area contributed by atoms with Crippen LogP contribution in [0, 0.1) is 11.7 Å². The highest BCUT2D eigenvalue weighted by Gasteiger charge is 2.26. The molecule has 0 aliphatic heterocycles. The second-order valence-electron chi connectivity index (χ2n) is 7.62. The topological polar surface area (TPSA) is 88.9 Å². The molecule has 3 aromatic rings. The van der Waals surface area contributed by atoms with E-state index in [-0.39, 0.29) is 29.2 Å². The fourth-order valence-corrected chi connectivity index (χ4v) is 3.91. The quantitative estimate of drug-likeness (QED) is 0.339. The maximum Gasteiger partial charge on any atom is 0.251 e. The molecule has 0 unspecified atom stereocenters. The molecule has 0 saturated carbocycles. The molecule has 33 heavy (non-hydrogen) atoms. The highest BCUT2D eigenvalue weighted by molar-refractivity contribution is 7.99. The van der Waals surface area contributed by atoms with Gasteiger partial charge in [-0.25, -0.2) is 4.39 Å². The van der Waals surface area contributed by atoms with Crippen LogP contribution < -0.4 is 10.6 Å². The summed E-state index contributed by atoms with van der Waals surface area (Å²) in [4.78, 5) is 25.1. The van der Waals surface area contributed by atoms with Crippen molar-refractivity contribution in [2.24, 2.45) is 5.92 Å². The minimum Gasteiger partial charge on any atom is -0.342 e. The number of carbonyl (C=O) groups excluding carboxylic acids is 2. The average Bonchev–Trinajstić information content (AvgIpc) is 3.20. The van der Waals surface area contributed by atoms with E-state index in [9.17, 15) is 14.0 Å². The number of halogens is 1. The molecule has 1 atom stereocenters. The molecule has 2 N–H and O–H groups in total. The monoisotopic (exact) mass is 467 g/mol. The largest absolute Gasteiger partial charge is 0.342 e. The van der Waals surface area contributed by atoms with Gasteiger partial charge in [0.05, 0.1) is 17.5 Å². The number of nitrogens with zero attached hydrogens (tertiary/aromatic N) is 3. The summed E-state index contributed by atoms with van der Waals surface area (Å²) in [5.41, 5.74) is 0.678. The van der Waals surface area contributed by atoms with Gasteiger partial charge in [0.25, 0.3) is 5.91 Å². The zero-order valence-electron chi connectivity index (χ0n) is 18.5. The minimum atomic E-state index is -0.498. The lowest BCUT2D eigenvalue weighted by Crippen LogP contribution is -2.33. The molecular weight excluding hydrogens is 441 g/mol. The molecule has 9 heteroatoms. The van der Waals surface area contributed by atoms with E-state index in [2.05, 4.69) is 27.4 Å². The second kappa shape index (κ2) is 11.4. The first-order valence-electron chi connectivity index (χ1n) is 10.5. The molecule has 7 nitrogen and oxygen atoms in total. The normalized spacial score (nSPS) is 11.8. The number of para-hydroxylation sites is 1. The maximum absolute atomic E-state index is 13.8. The molecule has 2 aromatic carbocycles. The first kappa shape index (κ1) is 24.2. The van der Waals surface area contributed by atoms with Crippen LogP contribution in [-0.2, 0) is 11.3 Å². The number of amides is 2. The second-order valence-corrected chi connectivity index (χ2v) is 8.56. The Morgan fingerprint density at radius 3 is 2.48 bits per heavy atom. The molecular formula is C24H26FN5O2S. The molecule has 0 saturated heterocycles. The highest BCUT2D eigenvalue weighted by Crippen LogP contribution is 2.26. The maximum atomic E-state index is 13.8. The zero-order chi connectivity index (χ0) is 23.8. The van der Waals surface area contributed by atoms with Crippen molar-refractivity contribution in [3.05, 3.63) is 84.5 Å². The molecule has 0 fully saturated rings. The number of aromatic nitrogens is 3. The predicted octanol–water partition coefficient (Wildman–Crippen LogP) is 4.46. The van der Waals surface area contributed by atoms with Crippen LogP contribution in [0.5, 0.6) is 0 Å². The van der Waals surface area contributed by atoms with Gasteiger partial charge >= 0.3 is 0 Å². The zero-order valence-corrected chi connectivity index (χ0v) is 19.3. The van der Waals surface area contributed by atoms with Gasteiger partial charge in [-0.05, 0) is 30.2 Å². The number of anilines is 1. The Balaban J connectivity index is 1.75. The Labute approximate surface area is 196 Å². The molecule has 1 heterocycles. The van der Waals surface area contributed by atoms with Gasteiger partial charge in [-0.2, -0.15) is 0 Å². The Morgan fingerprint density at radius 1 is 1.12 bits per heavy atom. The lowest BCUT2D eigenvalue weighted by Gasteiger charge is -2.22. The van der Waals surface area contributed by atoms with Gasteiger partial charge < -0.3 is 15.2 Å². The van der Waals surface area contributed by atoms with E-state index in [1.54, 1.807) is 42.5 Å². The Kier molecular flexibility index (Phi) is 8.37. The van der Waals surface area contributed by atoms with E-state index in [0.717, 1.165) is 0 Å². The Bertz CT molecular complexity index is 1120. The van der Waals surface area contributed by atoms with E-state index >= 15 is 0 Å². The van der Waals surface area contributed by atoms with Gasteiger partial charge in [0.15, 0.2) is 11.0 Å². The van der Waals surface area contributed by atoms with Gasteiger partial charge in [0, 0.05) is 12.1 Å². The molecule has 3 rings (SSSR count). The van der Waals surface area contributed by atoms with E-state index in [0.29, 0.717) is 23.1 Å². The van der Waals surface area contributed by atoms with Crippen molar-refractivity contribution in [2.75, 3.05) is 11.1 Å². The third-order valence-electron chi connectivity index (χ3n) is 4.80. The summed E-state index contributed by atoms with van der Waals surface area (Å²) in [6.45, 7) is 8.17. The summed E-state index contributed by atoms with van der Waals surface area (Å²) in [7, 11) is 0. The first-order valence-corrected chi connectivity index (χ1v) is 11.5. The standard InChI is InChI=1S/C24H26FN5O2S/c1-4-14-30-22(21(16(2)3)27-23(32)17-10-6-5-7-11-17)28-29-24(30)33-15-20(31)26-19-13-9-8-12-18(19)25/h4-13,16,21H,1,14-15H2,2-3H3,(H,26,31)(H,27,32)/t21-/m1/s1. The number of allylic oxidation sites excluding steroid dienone is 1. The lowest BCUT2D eigenvalue weighted by molar-refractivity contribution is -0.113. The summed E-state index contributed by atoms with van der Waals surface area (Å²) in [5.74, 6) is -0.439. The van der Waals surface area contributed by atoms with Crippen LogP contribution in [-0.4, -0.2) is 32.3 Å². The van der Waals surface area contributed by atoms with Gasteiger partial charge in [-0.1, -0.05) is 62.0 Å². The minimum absolute atomic E-state index is 0.0202. The molecule has 0 aliphatic carbocycles. The van der Waals surface area contributed by atoms with Crippen molar-refractivity contribution in [1.29, 1.82) is 0 Å². The molecule has 0 bridgehead atoms. The van der Waals surface area contributed by atoms with Crippen molar-refractivity contribution in [1.82, 2.24) is 20.1 Å². The van der Waals surface area contributed by atoms with Gasteiger partial charge in [0.2, 0.25) is 5.91 Å². The van der Waals surface area contributed by atoms with Crippen molar-refractivity contribution >= 4 is 29.3 Å². The van der Waals surface area contributed by atoms with Gasteiger partial charge in [-0.15, -0.1) is 16.8 Å². The number of thioether (sulfide) groups is 1. The summed E-state index contributed by atoms with van der Waals surface area (Å²) in [6, 6.07) is 14.5. The van der Waals surface area contributed by atoms with Crippen molar-refractivity contribution in [3.63, 3.8) is 0 Å². The fourth-order valence-electron chi connectivity index (χ4n) is 3.16. The van der Waals surface area contributed by atoms with Crippen LogP contribution in [0.15, 0.2) is 72.4 Å². The smallest absolute Gasteiger partial charge is 0.251 e. The van der Waals surface area contributed by atoms with Gasteiger partial charge in [-0.3, -0.25) is 9.59 Å². The van der Waals surface area contributed by atoms with Crippen LogP contribution in [0.25, 0.3) is 0 Å². The number of benzene rings is 2. The predicted molar refractivity (Wildman–Crippen MR) is 127 cm³/mol. The third-order valence-corrected chi connectivity index (χ3v) is 5.77. The van der Waals surface area contributed by atoms with Crippen LogP contribution >= 0.6 is 11.8 Å². The summed E-state index contributed by atoms with van der Waals surface area (Å²) in [5, 5.41) is 14.7. The summed E-state index contributed by atoms with van der Waals surface area (Å²) < 4.78 is 15.6. The molecule has 2 amide bonds. The summed E-state index contributed by atoms with van der Waals surface area (Å²) >= 11 is 1.18. The molecule has 0 spiro atoms. The molecule has 0 radical (unpaired) electrons. The number of carbonyl (C=O) groups is 2. The molecule has 0 aliphatic rings. The Hall–Kier alpha value is -3.46. The Morgan fingerprint density at radius 2 is 1.82 bits per heavy atom. The number of hydrogen-bond acceptors (Lipinski definition) is 5. The molecule has 172 valence electrons. The van der Waals surface area contributed by atoms with Gasteiger partial charge in [0.1, 0.15) is 5.82 Å². The van der Waals surface area contributed by atoms with E-state index in [4.69, 9.17) is 0 Å². The van der Waals surface area contributed by atoms with Crippen LogP contribution in [0.3, 0.4) is 0 Å². The SMILES string of the molecule is C=CCn1c(SCC(=O)Nc2ccccc2F)nnc1[C@H](NC(=O)c1ccccc1)C(C)C. The van der Waals surface area contributed by atoms with Crippen LogP contribution in [0.2, 0.25) is 0 Å². The first-order chi connectivity index (χ1) is 15.9. The summed E-state index contributed by atoms with van der Waals surface area (Å²) in [6.07, 6.45) is 1.70. The number of hydrogen-bond donors (Lipinski definition) is 2. The third kappa shape index (κ3) is 6.29. The van der Waals surface area contributed by atoms with Crippen molar-refractivity contribution < 1.29 is 14.0 Å². The van der Waals surface area contributed by atoms with Crippen molar-refractivity contribution in [2.45, 2.75) is 31.6 Å². The van der Waals surface area contributed by atoms with Crippen molar-refractivity contribution in [3.8, 4) is 0 Å². The van der Waals surface area contributed by atoms with E-state index < -0.39 is 11.9 Å².